The molecule has 1 atom stereocenters. The molecule has 2 aromatic heterocycles. The predicted octanol–water partition coefficient (Wildman–Crippen LogP) is 3.91. The molecule has 0 spiro atoms. The van der Waals surface area contributed by atoms with Crippen LogP contribution in [0.25, 0.3) is 11.3 Å². The lowest BCUT2D eigenvalue weighted by Gasteiger charge is -2.31. The van der Waals surface area contributed by atoms with Crippen molar-refractivity contribution in [2.45, 2.75) is 64.0 Å². The molecule has 0 radical (unpaired) electrons. The van der Waals surface area contributed by atoms with Crippen molar-refractivity contribution in [3.63, 3.8) is 0 Å². The maximum atomic E-state index is 12.4. The number of aromatic nitrogens is 3. The SMILES string of the molecule is COC[C@@H](C)NC1CCC(Cc2cc(-c3c[nH]c(=O)c(OCC4(C#N)CCOCC4)n3)c(Cl)cn2)CC1. The molecular weight excluding hydrogens is 494 g/mol. The summed E-state index contributed by atoms with van der Waals surface area (Å²) < 4.78 is 16.4. The van der Waals surface area contributed by atoms with Crippen molar-refractivity contribution in [1.29, 1.82) is 5.26 Å². The van der Waals surface area contributed by atoms with Crippen molar-refractivity contribution in [1.82, 2.24) is 20.3 Å². The Bertz CT molecular complexity index is 1140. The van der Waals surface area contributed by atoms with E-state index < -0.39 is 11.0 Å². The number of nitrogens with one attached hydrogen (secondary N) is 2. The number of methoxy groups -OCH3 is 1. The fourth-order valence-corrected chi connectivity index (χ4v) is 5.40. The Morgan fingerprint density at radius 2 is 2.08 bits per heavy atom. The van der Waals surface area contributed by atoms with Gasteiger partial charge in [-0.1, -0.05) is 11.6 Å². The number of ether oxygens (including phenoxy) is 3. The molecule has 0 bridgehead atoms. The lowest BCUT2D eigenvalue weighted by atomic mass is 9.83. The first-order valence-corrected chi connectivity index (χ1v) is 13.4. The van der Waals surface area contributed by atoms with Crippen molar-refractivity contribution in [3.05, 3.63) is 39.5 Å². The Kier molecular flexibility index (Phi) is 9.54. The molecule has 10 heteroatoms. The topological polar surface area (TPSA) is 122 Å². The summed E-state index contributed by atoms with van der Waals surface area (Å²) >= 11 is 6.49. The number of hydrogen-bond donors (Lipinski definition) is 2. The molecule has 0 amide bonds. The van der Waals surface area contributed by atoms with Crippen LogP contribution in [-0.4, -0.2) is 60.6 Å². The summed E-state index contributed by atoms with van der Waals surface area (Å²) in [6.45, 7) is 3.96. The molecule has 1 saturated carbocycles. The van der Waals surface area contributed by atoms with Gasteiger partial charge in [-0.3, -0.25) is 9.78 Å². The fourth-order valence-electron chi connectivity index (χ4n) is 5.20. The summed E-state index contributed by atoms with van der Waals surface area (Å²) in [5, 5.41) is 13.8. The van der Waals surface area contributed by atoms with Crippen molar-refractivity contribution in [2.75, 3.05) is 33.5 Å². The van der Waals surface area contributed by atoms with Gasteiger partial charge in [-0.2, -0.15) is 5.26 Å². The maximum absolute atomic E-state index is 12.4. The third-order valence-corrected chi connectivity index (χ3v) is 7.70. The molecule has 37 heavy (non-hydrogen) atoms. The Balaban J connectivity index is 1.41. The van der Waals surface area contributed by atoms with E-state index in [0.717, 1.165) is 44.4 Å². The molecule has 3 heterocycles. The zero-order valence-corrected chi connectivity index (χ0v) is 22.4. The second-order valence-corrected chi connectivity index (χ2v) is 10.7. The highest BCUT2D eigenvalue weighted by atomic mass is 35.5. The van der Waals surface area contributed by atoms with Gasteiger partial charge >= 0.3 is 5.56 Å². The third-order valence-electron chi connectivity index (χ3n) is 7.40. The maximum Gasteiger partial charge on any atom is 0.310 e. The van der Waals surface area contributed by atoms with E-state index in [1.54, 1.807) is 13.3 Å². The van der Waals surface area contributed by atoms with Gasteiger partial charge < -0.3 is 24.5 Å². The van der Waals surface area contributed by atoms with E-state index in [2.05, 4.69) is 33.3 Å². The van der Waals surface area contributed by atoms with Gasteiger partial charge in [0.15, 0.2) is 0 Å². The second-order valence-electron chi connectivity index (χ2n) is 10.3. The first-order valence-electron chi connectivity index (χ1n) is 13.0. The van der Waals surface area contributed by atoms with Gasteiger partial charge in [0.25, 0.3) is 5.88 Å². The second kappa shape index (κ2) is 12.8. The number of pyridine rings is 1. The largest absolute Gasteiger partial charge is 0.472 e. The van der Waals surface area contributed by atoms with Crippen LogP contribution in [0.5, 0.6) is 5.88 Å². The average Bonchev–Trinajstić information content (AvgIpc) is 2.91. The van der Waals surface area contributed by atoms with Crippen LogP contribution in [0.3, 0.4) is 0 Å². The Morgan fingerprint density at radius 1 is 1.32 bits per heavy atom. The van der Waals surface area contributed by atoms with E-state index in [0.29, 0.717) is 60.3 Å². The van der Waals surface area contributed by atoms with Crippen LogP contribution in [0.2, 0.25) is 5.02 Å². The van der Waals surface area contributed by atoms with Gasteiger partial charge in [-0.05, 0) is 63.9 Å². The first kappa shape index (κ1) is 27.5. The van der Waals surface area contributed by atoms with Crippen molar-refractivity contribution >= 4 is 11.6 Å². The molecule has 2 aliphatic rings. The predicted molar refractivity (Wildman–Crippen MR) is 141 cm³/mol. The minimum Gasteiger partial charge on any atom is -0.472 e. The van der Waals surface area contributed by atoms with E-state index in [-0.39, 0.29) is 12.5 Å². The van der Waals surface area contributed by atoms with Crippen molar-refractivity contribution < 1.29 is 14.2 Å². The highest BCUT2D eigenvalue weighted by Gasteiger charge is 2.34. The summed E-state index contributed by atoms with van der Waals surface area (Å²) in [6, 6.07) is 5.18. The quantitative estimate of drug-likeness (QED) is 0.475. The fraction of sp³-hybridized carbons (Fsp3) is 0.630. The number of nitriles is 1. The van der Waals surface area contributed by atoms with E-state index in [1.165, 1.54) is 6.20 Å². The zero-order valence-electron chi connectivity index (χ0n) is 21.6. The van der Waals surface area contributed by atoms with Crippen LogP contribution < -0.4 is 15.6 Å². The van der Waals surface area contributed by atoms with Gasteiger partial charge in [0.1, 0.15) is 6.61 Å². The van der Waals surface area contributed by atoms with E-state index >= 15 is 0 Å². The molecule has 1 aliphatic carbocycles. The van der Waals surface area contributed by atoms with Crippen LogP contribution in [0.15, 0.2) is 23.3 Å². The molecule has 0 aromatic carbocycles. The van der Waals surface area contributed by atoms with Crippen LogP contribution in [0, 0.1) is 22.7 Å². The van der Waals surface area contributed by atoms with Crippen LogP contribution >= 0.6 is 11.6 Å². The molecule has 1 aliphatic heterocycles. The van der Waals surface area contributed by atoms with Gasteiger partial charge in [-0.15, -0.1) is 0 Å². The van der Waals surface area contributed by atoms with Gasteiger partial charge in [-0.25, -0.2) is 4.98 Å². The molecule has 9 nitrogen and oxygen atoms in total. The van der Waals surface area contributed by atoms with E-state index in [4.69, 9.17) is 25.8 Å². The summed E-state index contributed by atoms with van der Waals surface area (Å²) in [7, 11) is 1.73. The average molecular weight is 530 g/mol. The smallest absolute Gasteiger partial charge is 0.310 e. The number of aromatic amines is 1. The summed E-state index contributed by atoms with van der Waals surface area (Å²) in [5.74, 6) is 0.489. The minimum atomic E-state index is -0.680. The minimum absolute atomic E-state index is 0.0680. The van der Waals surface area contributed by atoms with E-state index in [9.17, 15) is 10.1 Å². The molecule has 200 valence electrons. The van der Waals surface area contributed by atoms with Gasteiger partial charge in [0.2, 0.25) is 0 Å². The molecule has 2 aromatic rings. The van der Waals surface area contributed by atoms with Crippen LogP contribution in [0.4, 0.5) is 0 Å². The molecular formula is C27H36ClN5O4. The van der Waals surface area contributed by atoms with Gasteiger partial charge in [0.05, 0.1) is 28.8 Å². The number of hydrogen-bond acceptors (Lipinski definition) is 8. The Morgan fingerprint density at radius 3 is 2.78 bits per heavy atom. The lowest BCUT2D eigenvalue weighted by molar-refractivity contribution is 0.0180. The Hall–Kier alpha value is -2.51. The summed E-state index contributed by atoms with van der Waals surface area (Å²) in [6.07, 6.45) is 9.71. The highest BCUT2D eigenvalue weighted by molar-refractivity contribution is 6.33. The summed E-state index contributed by atoms with van der Waals surface area (Å²) in [4.78, 5) is 24.1. The number of H-pyrrole nitrogens is 1. The number of rotatable bonds is 10. The van der Waals surface area contributed by atoms with Crippen molar-refractivity contribution in [3.8, 4) is 23.2 Å². The molecule has 2 N–H and O–H groups in total. The Labute approximate surface area is 222 Å². The number of nitrogens with zero attached hydrogens (tertiary/aromatic N) is 3. The lowest BCUT2D eigenvalue weighted by Crippen LogP contribution is -2.41. The van der Waals surface area contributed by atoms with Crippen molar-refractivity contribution in [2.24, 2.45) is 11.3 Å². The monoisotopic (exact) mass is 529 g/mol. The summed E-state index contributed by atoms with van der Waals surface area (Å²) in [5.41, 5.74) is 1.02. The standard InChI is InChI=1S/C27H36ClN5O4/c1-18(15-35-2)32-20-5-3-19(4-6-20)11-21-12-22(23(28)13-30-21)24-14-31-25(34)26(33-24)37-17-27(16-29)7-9-36-10-8-27/h12-14,18-20,32H,3-11,15,17H2,1-2H3,(H,31,34)/t18-,19?,20?/m1/s1. The van der Waals surface area contributed by atoms with Crippen LogP contribution in [-0.2, 0) is 15.9 Å². The molecule has 1 saturated heterocycles. The first-order chi connectivity index (χ1) is 17.9. The molecule has 0 unspecified atom stereocenters. The normalized spacial score (nSPS) is 22.2. The molecule has 2 fully saturated rings. The van der Waals surface area contributed by atoms with Gasteiger partial charge in [0, 0.05) is 56.1 Å². The zero-order chi connectivity index (χ0) is 26.3. The molecule has 4 rings (SSSR count). The van der Waals surface area contributed by atoms with Crippen LogP contribution in [0.1, 0.15) is 51.1 Å². The van der Waals surface area contributed by atoms with E-state index in [1.807, 2.05) is 6.07 Å². The third kappa shape index (κ3) is 7.29. The number of halogens is 1. The highest BCUT2D eigenvalue weighted by Crippen LogP contribution is 2.32.